The molecule has 2 nitrogen and oxygen atoms in total. The molecule has 19 heavy (non-hydrogen) atoms. The van der Waals surface area contributed by atoms with Crippen LogP contribution < -0.4 is 5.32 Å². The van der Waals surface area contributed by atoms with Crippen LogP contribution in [0.15, 0.2) is 39.2 Å². The summed E-state index contributed by atoms with van der Waals surface area (Å²) in [7, 11) is 0. The number of benzene rings is 1. The molecule has 0 aliphatic carbocycles. The van der Waals surface area contributed by atoms with Crippen molar-refractivity contribution in [3.63, 3.8) is 0 Å². The molecule has 1 heterocycles. The van der Waals surface area contributed by atoms with Crippen LogP contribution in [0.1, 0.15) is 26.0 Å². The zero-order valence-electron chi connectivity index (χ0n) is 11.0. The molecule has 1 aromatic carbocycles. The molecule has 2 aromatic rings. The summed E-state index contributed by atoms with van der Waals surface area (Å²) in [6, 6.07) is 10.2. The lowest BCUT2D eigenvalue weighted by Crippen LogP contribution is -2.24. The van der Waals surface area contributed by atoms with E-state index in [1.807, 2.05) is 30.3 Å². The number of furan rings is 1. The smallest absolute Gasteiger partial charge is 0.135 e. The molecule has 1 atom stereocenters. The van der Waals surface area contributed by atoms with Crippen molar-refractivity contribution < 1.29 is 4.42 Å². The molecule has 0 amide bonds. The lowest BCUT2D eigenvalue weighted by molar-refractivity contribution is 0.457. The van der Waals surface area contributed by atoms with Crippen molar-refractivity contribution in [3.05, 3.63) is 45.6 Å². The number of nitrogens with one attached hydrogen (secondary N) is 1. The van der Waals surface area contributed by atoms with Gasteiger partial charge in [-0.15, -0.1) is 0 Å². The topological polar surface area (TPSA) is 25.2 Å². The maximum atomic E-state index is 6.22. The molecule has 0 radical (unpaired) electrons. The maximum Gasteiger partial charge on any atom is 0.135 e. The zero-order valence-corrected chi connectivity index (χ0v) is 13.4. The molecule has 0 bridgehead atoms. The summed E-state index contributed by atoms with van der Waals surface area (Å²) in [5, 5.41) is 4.09. The molecule has 2 rings (SSSR count). The van der Waals surface area contributed by atoms with Crippen molar-refractivity contribution in [1.82, 2.24) is 5.32 Å². The SMILES string of the molecule is CC[C@@H](C)NCc1ccc(-c2ccc(Br)cc2Cl)o1. The molecule has 4 heteroatoms. The first-order valence-corrected chi connectivity index (χ1v) is 7.54. The summed E-state index contributed by atoms with van der Waals surface area (Å²) >= 11 is 9.62. The van der Waals surface area contributed by atoms with E-state index in [1.165, 1.54) is 0 Å². The molecule has 0 unspecified atom stereocenters. The third-order valence-corrected chi connectivity index (χ3v) is 3.90. The Labute approximate surface area is 127 Å². The van der Waals surface area contributed by atoms with E-state index in [1.54, 1.807) is 0 Å². The van der Waals surface area contributed by atoms with Crippen LogP contribution in [0.3, 0.4) is 0 Å². The Kier molecular flexibility index (Phi) is 5.08. The van der Waals surface area contributed by atoms with E-state index in [4.69, 9.17) is 16.0 Å². The lowest BCUT2D eigenvalue weighted by Gasteiger charge is -2.09. The van der Waals surface area contributed by atoms with Gasteiger partial charge in [-0.05, 0) is 43.7 Å². The Morgan fingerprint density at radius 3 is 2.79 bits per heavy atom. The molecular weight excluding hydrogens is 326 g/mol. The highest BCUT2D eigenvalue weighted by molar-refractivity contribution is 9.10. The fraction of sp³-hybridized carbons (Fsp3) is 0.333. The van der Waals surface area contributed by atoms with Crippen LogP contribution >= 0.6 is 27.5 Å². The zero-order chi connectivity index (χ0) is 13.8. The van der Waals surface area contributed by atoms with E-state index in [0.29, 0.717) is 11.1 Å². The Morgan fingerprint density at radius 1 is 1.32 bits per heavy atom. The van der Waals surface area contributed by atoms with Gasteiger partial charge in [-0.2, -0.15) is 0 Å². The first-order chi connectivity index (χ1) is 9.10. The van der Waals surface area contributed by atoms with Gasteiger partial charge in [0.15, 0.2) is 0 Å². The van der Waals surface area contributed by atoms with Crippen molar-refractivity contribution in [1.29, 1.82) is 0 Å². The molecule has 102 valence electrons. The second-order valence-corrected chi connectivity index (χ2v) is 5.90. The second-order valence-electron chi connectivity index (χ2n) is 4.58. The third-order valence-electron chi connectivity index (χ3n) is 3.10. The third kappa shape index (κ3) is 3.85. The molecule has 0 aliphatic rings. The first-order valence-electron chi connectivity index (χ1n) is 6.37. The first kappa shape index (κ1) is 14.6. The maximum absolute atomic E-state index is 6.22. The number of rotatable bonds is 5. The molecule has 0 fully saturated rings. The summed E-state index contributed by atoms with van der Waals surface area (Å²) < 4.78 is 6.79. The van der Waals surface area contributed by atoms with Gasteiger partial charge in [0.05, 0.1) is 11.6 Å². The Balaban J connectivity index is 2.12. The molecule has 0 spiro atoms. The predicted molar refractivity (Wildman–Crippen MR) is 83.4 cm³/mol. The fourth-order valence-electron chi connectivity index (χ4n) is 1.73. The number of halogens is 2. The molecular formula is C15H17BrClNO. The van der Waals surface area contributed by atoms with Crippen molar-refractivity contribution in [2.45, 2.75) is 32.9 Å². The summed E-state index contributed by atoms with van der Waals surface area (Å²) in [5.41, 5.74) is 0.916. The van der Waals surface area contributed by atoms with Crippen molar-refractivity contribution >= 4 is 27.5 Å². The minimum absolute atomic E-state index is 0.491. The van der Waals surface area contributed by atoms with Gasteiger partial charge >= 0.3 is 0 Å². The molecule has 0 aliphatic heterocycles. The van der Waals surface area contributed by atoms with E-state index >= 15 is 0 Å². The van der Waals surface area contributed by atoms with Crippen molar-refractivity contribution in [3.8, 4) is 11.3 Å². The van der Waals surface area contributed by atoms with Crippen LogP contribution in [0.5, 0.6) is 0 Å². The molecule has 0 saturated heterocycles. The predicted octanol–water partition coefficient (Wildman–Crippen LogP) is 5.25. The van der Waals surface area contributed by atoms with E-state index in [-0.39, 0.29) is 0 Å². The van der Waals surface area contributed by atoms with Crippen LogP contribution in [0, 0.1) is 0 Å². The van der Waals surface area contributed by atoms with Gasteiger partial charge in [0.1, 0.15) is 11.5 Å². The van der Waals surface area contributed by atoms with Gasteiger partial charge in [0.25, 0.3) is 0 Å². The molecule has 0 saturated carbocycles. The summed E-state index contributed by atoms with van der Waals surface area (Å²) in [6.07, 6.45) is 1.10. The quantitative estimate of drug-likeness (QED) is 0.802. The standard InChI is InChI=1S/C15H17BrClNO/c1-3-10(2)18-9-12-5-7-15(19-12)13-6-4-11(16)8-14(13)17/h4-8,10,18H,3,9H2,1-2H3/t10-/m1/s1. The van der Waals surface area contributed by atoms with Gasteiger partial charge in [-0.25, -0.2) is 0 Å². The molecule has 1 N–H and O–H groups in total. The van der Waals surface area contributed by atoms with Gasteiger partial charge in [-0.3, -0.25) is 0 Å². The van der Waals surface area contributed by atoms with Crippen LogP contribution in [0.4, 0.5) is 0 Å². The van der Waals surface area contributed by atoms with Crippen LogP contribution in [0.25, 0.3) is 11.3 Å². The van der Waals surface area contributed by atoms with E-state index in [0.717, 1.165) is 34.5 Å². The van der Waals surface area contributed by atoms with Gasteiger partial charge in [0, 0.05) is 16.1 Å². The summed E-state index contributed by atoms with van der Waals surface area (Å²) in [4.78, 5) is 0. The van der Waals surface area contributed by atoms with Crippen LogP contribution in [0.2, 0.25) is 5.02 Å². The Morgan fingerprint density at radius 2 is 2.11 bits per heavy atom. The van der Waals surface area contributed by atoms with Gasteiger partial charge in [-0.1, -0.05) is 34.5 Å². The molecule has 1 aromatic heterocycles. The largest absolute Gasteiger partial charge is 0.460 e. The summed E-state index contributed by atoms with van der Waals surface area (Å²) in [6.45, 7) is 5.06. The lowest BCUT2D eigenvalue weighted by atomic mass is 10.2. The highest BCUT2D eigenvalue weighted by atomic mass is 79.9. The van der Waals surface area contributed by atoms with Crippen LogP contribution in [-0.2, 0) is 6.54 Å². The number of hydrogen-bond acceptors (Lipinski definition) is 2. The van der Waals surface area contributed by atoms with E-state index < -0.39 is 0 Å². The monoisotopic (exact) mass is 341 g/mol. The normalized spacial score (nSPS) is 12.6. The van der Waals surface area contributed by atoms with E-state index in [9.17, 15) is 0 Å². The average molecular weight is 343 g/mol. The van der Waals surface area contributed by atoms with Crippen LogP contribution in [-0.4, -0.2) is 6.04 Å². The fourth-order valence-corrected chi connectivity index (χ4v) is 2.49. The minimum Gasteiger partial charge on any atom is -0.460 e. The Hall–Kier alpha value is -0.770. The number of hydrogen-bond donors (Lipinski definition) is 1. The average Bonchev–Trinajstić information content (AvgIpc) is 2.84. The van der Waals surface area contributed by atoms with Crippen molar-refractivity contribution in [2.24, 2.45) is 0 Å². The van der Waals surface area contributed by atoms with Gasteiger partial charge < -0.3 is 9.73 Å². The highest BCUT2D eigenvalue weighted by Crippen LogP contribution is 2.31. The van der Waals surface area contributed by atoms with Gasteiger partial charge in [0.2, 0.25) is 0 Å². The Bertz CT molecular complexity index is 553. The highest BCUT2D eigenvalue weighted by Gasteiger charge is 2.09. The second kappa shape index (κ2) is 6.60. The minimum atomic E-state index is 0.491. The van der Waals surface area contributed by atoms with Crippen molar-refractivity contribution in [2.75, 3.05) is 0 Å². The van der Waals surface area contributed by atoms with E-state index in [2.05, 4.69) is 35.1 Å². The summed E-state index contributed by atoms with van der Waals surface area (Å²) in [5.74, 6) is 1.73.